The number of hydrogen-bond donors (Lipinski definition) is 3. The number of amides is 6. The van der Waals surface area contributed by atoms with E-state index in [1.54, 1.807) is 40.1 Å². The van der Waals surface area contributed by atoms with Crippen LogP contribution in [0.25, 0.3) is 12.2 Å². The Labute approximate surface area is 328 Å². The van der Waals surface area contributed by atoms with Gasteiger partial charge in [-0.05, 0) is 59.2 Å². The number of ketones is 1. The summed E-state index contributed by atoms with van der Waals surface area (Å²) in [4.78, 5) is 52.2. The molecule has 8 N–H and O–H groups in total. The zero-order valence-electron chi connectivity index (χ0n) is 30.5. The van der Waals surface area contributed by atoms with Gasteiger partial charge in [-0.25, -0.2) is 14.4 Å². The molecule has 12 heteroatoms. The number of fused-ring (bicyclic) bond motifs is 9. The predicted octanol–water partition coefficient (Wildman–Crippen LogP) is 8.23. The third kappa shape index (κ3) is 7.09. The zero-order valence-corrected chi connectivity index (χ0v) is 30.5. The van der Waals surface area contributed by atoms with Crippen LogP contribution < -0.4 is 31.9 Å². The van der Waals surface area contributed by atoms with E-state index in [-0.39, 0.29) is 29.9 Å². The molecule has 0 aliphatic carbocycles. The quantitative estimate of drug-likeness (QED) is 0.131. The van der Waals surface area contributed by atoms with E-state index in [4.69, 9.17) is 21.9 Å². The second-order valence-electron chi connectivity index (χ2n) is 13.3. The van der Waals surface area contributed by atoms with Crippen LogP contribution in [-0.2, 0) is 11.2 Å². The van der Waals surface area contributed by atoms with Crippen LogP contribution in [0, 0.1) is 0 Å². The molecular weight excluding hydrogens is 721 g/mol. The molecule has 0 bridgehead atoms. The number of ether oxygens (including phenoxy) is 1. The average Bonchev–Trinajstić information content (AvgIpc) is 4.04. The maximum absolute atomic E-state index is 12.3. The largest absolute Gasteiger partial charge is 0.412 e. The number of nitrogens with zero attached hydrogens (tertiary/aromatic N) is 3. The Bertz CT molecular complexity index is 2470. The summed E-state index contributed by atoms with van der Waals surface area (Å²) in [6, 6.07) is 43.7. The van der Waals surface area contributed by atoms with Gasteiger partial charge in [0.05, 0.1) is 34.1 Å². The molecule has 1 fully saturated rings. The lowest BCUT2D eigenvalue weighted by Gasteiger charge is -2.23. The van der Waals surface area contributed by atoms with Crippen molar-refractivity contribution in [3.8, 4) is 0 Å². The number of anilines is 6. The Hall–Kier alpha value is -7.54. The fourth-order valence-electron chi connectivity index (χ4n) is 7.45. The third-order valence-corrected chi connectivity index (χ3v) is 9.95. The number of hydrogen-bond acceptors (Lipinski definition) is 5. The molecule has 284 valence electrons. The fourth-order valence-corrected chi connectivity index (χ4v) is 7.45. The molecule has 6 aromatic carbocycles. The van der Waals surface area contributed by atoms with E-state index >= 15 is 0 Å². The van der Waals surface area contributed by atoms with Gasteiger partial charge in [-0.15, -0.1) is 0 Å². The summed E-state index contributed by atoms with van der Waals surface area (Å²) in [5.74, 6) is -0.00759. The average molecular weight is 759 g/mol. The Kier molecular flexibility index (Phi) is 10.4. The van der Waals surface area contributed by atoms with Crippen molar-refractivity contribution in [2.24, 2.45) is 17.2 Å². The van der Waals surface area contributed by atoms with Crippen molar-refractivity contribution in [3.63, 3.8) is 0 Å². The number of carbonyl (C=O) groups is 4. The van der Waals surface area contributed by atoms with Crippen LogP contribution in [0.5, 0.6) is 0 Å². The minimum atomic E-state index is -0.588. The van der Waals surface area contributed by atoms with Gasteiger partial charge in [-0.1, -0.05) is 115 Å². The highest BCUT2D eigenvalue weighted by atomic mass is 16.6. The van der Waals surface area contributed by atoms with E-state index in [0.29, 0.717) is 16.9 Å². The first kappa shape index (κ1) is 37.8. The highest BCUT2D eigenvalue weighted by molar-refractivity contribution is 6.12. The standard InChI is InChI=1S/2C15H12N2O2.C15H12N2O.H2O/c16-15(18)17-11-7-3-1-5-9(11)13-14(19-13)10-6-2-4-8-12(10)17;16-15(19)17-12-7-3-1-5-10(12)9-14(18)11-6-2-4-8-13(11)17;16-15(18)17-13-7-3-1-5-11(13)9-10-12-6-2-4-8-14(12)17;/h1-8,13-14H,(H2,16,18);1-8H,9H2,(H2,16,19);1-10H,(H2,16,18);1H2. The van der Waals surface area contributed by atoms with E-state index in [9.17, 15) is 19.2 Å². The van der Waals surface area contributed by atoms with Crippen LogP contribution in [0.4, 0.5) is 48.5 Å². The first-order valence-electron chi connectivity index (χ1n) is 17.9. The zero-order chi connectivity index (χ0) is 38.9. The Morgan fingerprint density at radius 1 is 0.474 bits per heavy atom. The number of benzene rings is 6. The van der Waals surface area contributed by atoms with Gasteiger partial charge >= 0.3 is 18.1 Å². The van der Waals surface area contributed by atoms with Gasteiger partial charge in [0.25, 0.3) is 0 Å². The number of primary amides is 3. The molecule has 1 saturated heterocycles. The van der Waals surface area contributed by atoms with E-state index in [2.05, 4.69) is 0 Å². The van der Waals surface area contributed by atoms with Crippen LogP contribution in [0.1, 0.15) is 50.4 Å². The number of nitrogens with two attached hydrogens (primary N) is 3. The second-order valence-corrected chi connectivity index (χ2v) is 13.3. The van der Waals surface area contributed by atoms with Gasteiger partial charge in [0.1, 0.15) is 12.2 Å². The van der Waals surface area contributed by atoms with Gasteiger partial charge in [-0.2, -0.15) is 0 Å². The first-order valence-corrected chi connectivity index (χ1v) is 17.9. The second kappa shape index (κ2) is 15.7. The molecule has 4 heterocycles. The van der Waals surface area contributed by atoms with Crippen LogP contribution >= 0.6 is 0 Å². The van der Waals surface area contributed by atoms with Crippen molar-refractivity contribution >= 4 is 70.2 Å². The van der Waals surface area contributed by atoms with Crippen molar-refractivity contribution in [2.45, 2.75) is 18.6 Å². The summed E-state index contributed by atoms with van der Waals surface area (Å²) < 4.78 is 5.76. The Morgan fingerprint density at radius 3 is 1.35 bits per heavy atom. The van der Waals surface area contributed by atoms with Gasteiger partial charge in [0.15, 0.2) is 5.78 Å². The lowest BCUT2D eigenvalue weighted by atomic mass is 10.0. The summed E-state index contributed by atoms with van der Waals surface area (Å²) >= 11 is 0. The maximum Gasteiger partial charge on any atom is 0.323 e. The topological polar surface area (TPSA) is 200 Å². The van der Waals surface area contributed by atoms with E-state index < -0.39 is 18.1 Å². The van der Waals surface area contributed by atoms with E-state index in [0.717, 1.165) is 50.6 Å². The van der Waals surface area contributed by atoms with E-state index in [1.807, 2.05) is 127 Å². The van der Waals surface area contributed by atoms with Crippen LogP contribution in [0.2, 0.25) is 0 Å². The highest BCUT2D eigenvalue weighted by Gasteiger charge is 2.47. The monoisotopic (exact) mass is 758 g/mol. The number of rotatable bonds is 0. The smallest absolute Gasteiger partial charge is 0.323 e. The van der Waals surface area contributed by atoms with Crippen molar-refractivity contribution in [2.75, 3.05) is 14.7 Å². The van der Waals surface area contributed by atoms with Crippen LogP contribution in [-0.4, -0.2) is 29.4 Å². The summed E-state index contributed by atoms with van der Waals surface area (Å²) in [5.41, 5.74) is 26.4. The molecule has 0 radical (unpaired) electrons. The summed E-state index contributed by atoms with van der Waals surface area (Å²) in [6.07, 6.45) is 4.33. The van der Waals surface area contributed by atoms with Gasteiger partial charge in [0, 0.05) is 23.1 Å². The number of urea groups is 3. The number of carbonyl (C=O) groups excluding carboxylic acids is 4. The molecule has 57 heavy (non-hydrogen) atoms. The normalized spacial score (nSPS) is 16.1. The SMILES string of the molecule is NC(=O)N1c2ccccc2C2OC2c2ccccc21.NC(=O)N1c2ccccc2C=Cc2ccccc21.NC(=O)N1c2ccccc2CC(=O)c2ccccc21.O. The van der Waals surface area contributed by atoms with Crippen molar-refractivity contribution in [1.29, 1.82) is 0 Å². The Balaban J connectivity index is 0.000000129. The van der Waals surface area contributed by atoms with Gasteiger partial charge < -0.3 is 27.4 Å². The molecule has 6 amide bonds. The molecule has 6 aromatic rings. The van der Waals surface area contributed by atoms with E-state index in [1.165, 1.54) is 4.90 Å². The molecule has 2 atom stereocenters. The van der Waals surface area contributed by atoms with Crippen molar-refractivity contribution in [1.82, 2.24) is 0 Å². The number of para-hydroxylation sites is 6. The Morgan fingerprint density at radius 2 is 0.842 bits per heavy atom. The van der Waals surface area contributed by atoms with Crippen molar-refractivity contribution < 1.29 is 29.4 Å². The minimum Gasteiger partial charge on any atom is -0.412 e. The molecule has 4 aliphatic rings. The third-order valence-electron chi connectivity index (χ3n) is 9.95. The predicted molar refractivity (Wildman–Crippen MR) is 221 cm³/mol. The minimum absolute atomic E-state index is 0. The fraction of sp³-hybridized carbons (Fsp3) is 0.0667. The van der Waals surface area contributed by atoms with Gasteiger partial charge in [-0.3, -0.25) is 19.5 Å². The number of epoxide rings is 1. The summed E-state index contributed by atoms with van der Waals surface area (Å²) in [7, 11) is 0. The molecule has 10 rings (SSSR count). The van der Waals surface area contributed by atoms with Crippen LogP contribution in [0.3, 0.4) is 0 Å². The molecule has 12 nitrogen and oxygen atoms in total. The molecule has 4 aliphatic heterocycles. The lowest BCUT2D eigenvalue weighted by Crippen LogP contribution is -2.32. The van der Waals surface area contributed by atoms with Gasteiger partial charge in [0.2, 0.25) is 0 Å². The summed E-state index contributed by atoms with van der Waals surface area (Å²) in [5, 5.41) is 0. The lowest BCUT2D eigenvalue weighted by molar-refractivity contribution is 0.0994. The molecule has 0 aromatic heterocycles. The maximum atomic E-state index is 12.3. The highest BCUT2D eigenvalue weighted by Crippen LogP contribution is 2.58. The molecule has 2 unspecified atom stereocenters. The first-order chi connectivity index (χ1) is 27.2. The molecule has 0 spiro atoms. The molecular formula is C45H38N6O6. The number of Topliss-reactive ketones (excluding diaryl/α,β-unsaturated/α-hetero) is 1. The molecule has 0 saturated carbocycles. The summed E-state index contributed by atoms with van der Waals surface area (Å²) in [6.45, 7) is 0. The van der Waals surface area contributed by atoms with Crippen LogP contribution in [0.15, 0.2) is 146 Å². The van der Waals surface area contributed by atoms with Crippen molar-refractivity contribution in [3.05, 3.63) is 179 Å².